The quantitative estimate of drug-likeness (QED) is 0.740. The number of carbonyl (C=O) groups is 1. The van der Waals surface area contributed by atoms with Crippen LogP contribution in [0.15, 0.2) is 24.4 Å². The van der Waals surface area contributed by atoms with E-state index in [0.29, 0.717) is 30.0 Å². The summed E-state index contributed by atoms with van der Waals surface area (Å²) in [4.78, 5) is 19.9. The van der Waals surface area contributed by atoms with Gasteiger partial charge in [-0.25, -0.2) is 9.67 Å². The number of hydrogen-bond donors (Lipinski definition) is 1. The van der Waals surface area contributed by atoms with E-state index in [9.17, 15) is 18.0 Å². The van der Waals surface area contributed by atoms with Gasteiger partial charge in [-0.1, -0.05) is 0 Å². The molecule has 3 aromatic heterocycles. The Morgan fingerprint density at radius 1 is 1.29 bits per heavy atom. The SMILES string of the molecule is Cc1nc(C(=O)N[C@H]2CCn3nc(-c4ccnc(C(F)(F)F)c4)cc32)n(C)n1. The first-order valence-electron chi connectivity index (χ1n) is 8.52. The van der Waals surface area contributed by atoms with Crippen molar-refractivity contribution < 1.29 is 18.0 Å². The van der Waals surface area contributed by atoms with Crippen LogP contribution in [0.4, 0.5) is 13.2 Å². The normalized spacial score (nSPS) is 16.2. The van der Waals surface area contributed by atoms with E-state index in [1.165, 1.54) is 10.7 Å². The Hall–Kier alpha value is -3.24. The predicted octanol–water partition coefficient (Wildman–Crippen LogP) is 2.28. The Balaban J connectivity index is 1.58. The highest BCUT2D eigenvalue weighted by Crippen LogP contribution is 2.33. The highest BCUT2D eigenvalue weighted by Gasteiger charge is 2.33. The molecule has 8 nitrogen and oxygen atoms in total. The lowest BCUT2D eigenvalue weighted by atomic mass is 10.1. The van der Waals surface area contributed by atoms with Crippen LogP contribution in [0.5, 0.6) is 0 Å². The van der Waals surface area contributed by atoms with Gasteiger partial charge < -0.3 is 5.32 Å². The largest absolute Gasteiger partial charge is 0.433 e. The summed E-state index contributed by atoms with van der Waals surface area (Å²) in [6.07, 6.45) is -2.78. The molecular formula is C17H16F3N7O. The van der Waals surface area contributed by atoms with Gasteiger partial charge in [0.15, 0.2) is 0 Å². The lowest BCUT2D eigenvalue weighted by Gasteiger charge is -2.11. The molecule has 1 N–H and O–H groups in total. The van der Waals surface area contributed by atoms with E-state index in [1.807, 2.05) is 0 Å². The molecule has 0 unspecified atom stereocenters. The van der Waals surface area contributed by atoms with Crippen LogP contribution >= 0.6 is 0 Å². The van der Waals surface area contributed by atoms with Gasteiger partial charge in [0.1, 0.15) is 11.5 Å². The van der Waals surface area contributed by atoms with E-state index in [-0.39, 0.29) is 17.8 Å². The fraction of sp³-hybridized carbons (Fsp3) is 0.353. The zero-order valence-electron chi connectivity index (χ0n) is 15.0. The average molecular weight is 391 g/mol. The molecule has 28 heavy (non-hydrogen) atoms. The lowest BCUT2D eigenvalue weighted by molar-refractivity contribution is -0.141. The number of carbonyl (C=O) groups excluding carboxylic acids is 1. The number of halogens is 3. The summed E-state index contributed by atoms with van der Waals surface area (Å²) >= 11 is 0. The number of nitrogens with one attached hydrogen (secondary N) is 1. The van der Waals surface area contributed by atoms with E-state index in [4.69, 9.17) is 0 Å². The molecule has 0 radical (unpaired) electrons. The Bertz CT molecular complexity index is 1050. The molecule has 0 aliphatic carbocycles. The van der Waals surface area contributed by atoms with Crippen molar-refractivity contribution in [1.82, 2.24) is 34.8 Å². The van der Waals surface area contributed by atoms with Gasteiger partial charge in [-0.3, -0.25) is 14.5 Å². The van der Waals surface area contributed by atoms with Crippen molar-refractivity contribution in [1.29, 1.82) is 0 Å². The maximum Gasteiger partial charge on any atom is 0.433 e. The molecule has 1 aliphatic heterocycles. The number of amides is 1. The van der Waals surface area contributed by atoms with Gasteiger partial charge >= 0.3 is 6.18 Å². The molecule has 0 saturated carbocycles. The predicted molar refractivity (Wildman–Crippen MR) is 91.0 cm³/mol. The Kier molecular flexibility index (Phi) is 4.16. The molecule has 4 heterocycles. The van der Waals surface area contributed by atoms with E-state index in [0.717, 1.165) is 18.0 Å². The Labute approximate surface area is 157 Å². The first kappa shape index (κ1) is 18.1. The van der Waals surface area contributed by atoms with E-state index < -0.39 is 11.9 Å². The third-order valence-corrected chi connectivity index (χ3v) is 4.52. The first-order valence-corrected chi connectivity index (χ1v) is 8.52. The molecule has 0 bridgehead atoms. The van der Waals surface area contributed by atoms with E-state index in [2.05, 4.69) is 25.5 Å². The number of fused-ring (bicyclic) bond motifs is 1. The first-order chi connectivity index (χ1) is 13.2. The molecule has 1 atom stereocenters. The van der Waals surface area contributed by atoms with Crippen LogP contribution in [-0.4, -0.2) is 35.4 Å². The molecular weight excluding hydrogens is 375 g/mol. The fourth-order valence-corrected chi connectivity index (χ4v) is 3.26. The maximum atomic E-state index is 12.9. The van der Waals surface area contributed by atoms with Crippen LogP contribution in [0.1, 0.15) is 40.3 Å². The molecule has 11 heteroatoms. The molecule has 3 aromatic rings. The Morgan fingerprint density at radius 2 is 2.07 bits per heavy atom. The second-order valence-electron chi connectivity index (χ2n) is 6.53. The number of aromatic nitrogens is 6. The van der Waals surface area contributed by atoms with Crippen LogP contribution in [0.25, 0.3) is 11.3 Å². The monoisotopic (exact) mass is 391 g/mol. The van der Waals surface area contributed by atoms with Crippen LogP contribution in [0.2, 0.25) is 0 Å². The van der Waals surface area contributed by atoms with Crippen molar-refractivity contribution in [2.45, 2.75) is 32.1 Å². The van der Waals surface area contributed by atoms with E-state index in [1.54, 1.807) is 24.7 Å². The van der Waals surface area contributed by atoms with Gasteiger partial charge in [-0.05, 0) is 31.5 Å². The lowest BCUT2D eigenvalue weighted by Crippen LogP contribution is -2.29. The number of pyridine rings is 1. The molecule has 0 aromatic carbocycles. The minimum absolute atomic E-state index is 0.194. The minimum Gasteiger partial charge on any atom is -0.341 e. The van der Waals surface area contributed by atoms with Crippen molar-refractivity contribution in [3.63, 3.8) is 0 Å². The number of alkyl halides is 3. The van der Waals surface area contributed by atoms with E-state index >= 15 is 0 Å². The second kappa shape index (κ2) is 6.43. The molecule has 0 saturated heterocycles. The number of aryl methyl sites for hydroxylation is 3. The number of hydrogen-bond acceptors (Lipinski definition) is 5. The molecule has 4 rings (SSSR count). The van der Waals surface area contributed by atoms with Crippen LogP contribution in [-0.2, 0) is 19.8 Å². The number of rotatable bonds is 3. The smallest absolute Gasteiger partial charge is 0.341 e. The van der Waals surface area contributed by atoms with Gasteiger partial charge in [0.25, 0.3) is 5.91 Å². The summed E-state index contributed by atoms with van der Waals surface area (Å²) in [5.74, 6) is 0.316. The van der Waals surface area contributed by atoms with Gasteiger partial charge in [0.05, 0.1) is 17.4 Å². The minimum atomic E-state index is -4.52. The van der Waals surface area contributed by atoms with Crippen molar-refractivity contribution in [3.05, 3.63) is 47.4 Å². The van der Waals surface area contributed by atoms with Gasteiger partial charge in [0.2, 0.25) is 5.82 Å². The van der Waals surface area contributed by atoms with Crippen LogP contribution < -0.4 is 5.32 Å². The maximum absolute atomic E-state index is 12.9. The van der Waals surface area contributed by atoms with Gasteiger partial charge in [-0.15, -0.1) is 0 Å². The molecule has 0 fully saturated rings. The average Bonchev–Trinajstić information content (AvgIpc) is 3.30. The number of nitrogens with zero attached hydrogens (tertiary/aromatic N) is 6. The topological polar surface area (TPSA) is 90.5 Å². The highest BCUT2D eigenvalue weighted by atomic mass is 19.4. The summed E-state index contributed by atoms with van der Waals surface area (Å²) in [5.41, 5.74) is 0.475. The van der Waals surface area contributed by atoms with Gasteiger partial charge in [0, 0.05) is 25.4 Å². The standard InChI is InChI=1S/C17H16F3N7O/c1-9-22-15(26(2)24-9)16(28)23-11-4-6-27-13(11)8-12(25-27)10-3-5-21-14(7-10)17(18,19)20/h3,5,7-8,11H,4,6H2,1-2H3,(H,23,28)/t11-/m0/s1. The Morgan fingerprint density at radius 3 is 2.75 bits per heavy atom. The third-order valence-electron chi connectivity index (χ3n) is 4.52. The summed E-state index contributed by atoms with van der Waals surface area (Å²) in [7, 11) is 1.63. The molecule has 1 amide bonds. The summed E-state index contributed by atoms with van der Waals surface area (Å²) in [6, 6.07) is 3.82. The fourth-order valence-electron chi connectivity index (χ4n) is 3.26. The third kappa shape index (κ3) is 3.23. The van der Waals surface area contributed by atoms with Crippen molar-refractivity contribution in [2.75, 3.05) is 0 Å². The molecule has 1 aliphatic rings. The zero-order chi connectivity index (χ0) is 20.1. The van der Waals surface area contributed by atoms with Crippen molar-refractivity contribution in [2.24, 2.45) is 7.05 Å². The van der Waals surface area contributed by atoms with Gasteiger partial charge in [-0.2, -0.15) is 23.4 Å². The zero-order valence-corrected chi connectivity index (χ0v) is 15.0. The summed E-state index contributed by atoms with van der Waals surface area (Å²) in [5, 5.41) is 11.3. The second-order valence-corrected chi connectivity index (χ2v) is 6.53. The van der Waals surface area contributed by atoms with Crippen molar-refractivity contribution >= 4 is 5.91 Å². The van der Waals surface area contributed by atoms with Crippen molar-refractivity contribution in [3.8, 4) is 11.3 Å². The summed E-state index contributed by atoms with van der Waals surface area (Å²) < 4.78 is 41.8. The van der Waals surface area contributed by atoms with Crippen LogP contribution in [0, 0.1) is 6.92 Å². The highest BCUT2D eigenvalue weighted by molar-refractivity contribution is 5.91. The summed E-state index contributed by atoms with van der Waals surface area (Å²) in [6.45, 7) is 2.24. The molecule has 146 valence electrons. The van der Waals surface area contributed by atoms with Crippen LogP contribution in [0.3, 0.4) is 0 Å². The molecule has 0 spiro atoms.